The molecule has 0 spiro atoms. The summed E-state index contributed by atoms with van der Waals surface area (Å²) in [5.41, 5.74) is 3.18. The molecule has 22 heavy (non-hydrogen) atoms. The molecular weight excluding hydrogens is 298 g/mol. The summed E-state index contributed by atoms with van der Waals surface area (Å²) in [6.45, 7) is 2.03. The lowest BCUT2D eigenvalue weighted by Gasteiger charge is -2.03. The van der Waals surface area contributed by atoms with Crippen LogP contribution in [0.2, 0.25) is 0 Å². The normalized spacial score (nSPS) is 15.0. The third-order valence-corrected chi connectivity index (χ3v) is 4.49. The summed E-state index contributed by atoms with van der Waals surface area (Å²) < 4.78 is 0. The van der Waals surface area contributed by atoms with Crippen LogP contribution in [-0.4, -0.2) is 17.0 Å². The third kappa shape index (κ3) is 2.94. The van der Waals surface area contributed by atoms with E-state index in [2.05, 4.69) is 5.32 Å². The van der Waals surface area contributed by atoms with E-state index in [0.29, 0.717) is 12.0 Å². The molecule has 2 N–H and O–H groups in total. The van der Waals surface area contributed by atoms with Crippen LogP contribution >= 0.6 is 11.3 Å². The van der Waals surface area contributed by atoms with Crippen LogP contribution < -0.4 is 5.32 Å². The SMILES string of the molecule is Cc1ccc(/C=C2\C(=O)Nc3ccc(CCC(=O)O)cc32)s1. The first-order chi connectivity index (χ1) is 10.5. The highest BCUT2D eigenvalue weighted by atomic mass is 32.1. The molecule has 1 aromatic heterocycles. The van der Waals surface area contributed by atoms with Gasteiger partial charge in [0.25, 0.3) is 5.91 Å². The number of benzene rings is 1. The number of aryl methyl sites for hydroxylation is 2. The van der Waals surface area contributed by atoms with E-state index in [-0.39, 0.29) is 12.3 Å². The Labute approximate surface area is 132 Å². The van der Waals surface area contributed by atoms with Crippen LogP contribution in [0.3, 0.4) is 0 Å². The zero-order chi connectivity index (χ0) is 15.7. The Balaban J connectivity index is 1.95. The zero-order valence-corrected chi connectivity index (χ0v) is 12.9. The molecule has 0 unspecified atom stereocenters. The highest BCUT2D eigenvalue weighted by Crippen LogP contribution is 2.35. The summed E-state index contributed by atoms with van der Waals surface area (Å²) >= 11 is 1.64. The summed E-state index contributed by atoms with van der Waals surface area (Å²) in [7, 11) is 0. The Hall–Kier alpha value is -2.40. The van der Waals surface area contributed by atoms with Gasteiger partial charge < -0.3 is 10.4 Å². The van der Waals surface area contributed by atoms with Gasteiger partial charge in [0.2, 0.25) is 0 Å². The van der Waals surface area contributed by atoms with E-state index < -0.39 is 5.97 Å². The second-order valence-corrected chi connectivity index (χ2v) is 6.55. The Morgan fingerprint density at radius 3 is 2.82 bits per heavy atom. The lowest BCUT2D eigenvalue weighted by Crippen LogP contribution is -2.03. The van der Waals surface area contributed by atoms with Crippen LogP contribution in [0.5, 0.6) is 0 Å². The predicted octanol–water partition coefficient (Wildman–Crippen LogP) is 3.57. The fourth-order valence-electron chi connectivity index (χ4n) is 2.46. The van der Waals surface area contributed by atoms with E-state index in [9.17, 15) is 9.59 Å². The number of aliphatic carboxylic acids is 1. The van der Waals surface area contributed by atoms with E-state index in [0.717, 1.165) is 21.7 Å². The monoisotopic (exact) mass is 313 g/mol. The van der Waals surface area contributed by atoms with Crippen LogP contribution in [-0.2, 0) is 16.0 Å². The van der Waals surface area contributed by atoms with E-state index in [1.54, 1.807) is 11.3 Å². The first kappa shape index (κ1) is 14.5. The molecule has 1 aromatic carbocycles. The Morgan fingerprint density at radius 2 is 2.14 bits per heavy atom. The molecule has 3 rings (SSSR count). The number of fused-ring (bicyclic) bond motifs is 1. The van der Waals surface area contributed by atoms with E-state index in [1.165, 1.54) is 4.88 Å². The summed E-state index contributed by atoms with van der Waals surface area (Å²) in [6.07, 6.45) is 2.44. The van der Waals surface area contributed by atoms with Crippen molar-refractivity contribution >= 4 is 40.5 Å². The Morgan fingerprint density at radius 1 is 1.32 bits per heavy atom. The number of anilines is 1. The number of thiophene rings is 1. The molecule has 1 aliphatic heterocycles. The lowest BCUT2D eigenvalue weighted by molar-refractivity contribution is -0.137. The smallest absolute Gasteiger partial charge is 0.303 e. The molecule has 0 fully saturated rings. The summed E-state index contributed by atoms with van der Waals surface area (Å²) in [5.74, 6) is -0.934. The van der Waals surface area contributed by atoms with Gasteiger partial charge in [-0.2, -0.15) is 0 Å². The number of carbonyl (C=O) groups is 2. The van der Waals surface area contributed by atoms with E-state index in [1.807, 2.05) is 43.3 Å². The predicted molar refractivity (Wildman–Crippen MR) is 88.0 cm³/mol. The van der Waals surface area contributed by atoms with Crippen LogP contribution in [0, 0.1) is 6.92 Å². The van der Waals surface area contributed by atoms with Crippen molar-refractivity contribution in [3.8, 4) is 0 Å². The average Bonchev–Trinajstić information content (AvgIpc) is 3.01. The molecule has 2 aromatic rings. The highest BCUT2D eigenvalue weighted by molar-refractivity contribution is 7.12. The second-order valence-electron chi connectivity index (χ2n) is 5.23. The van der Waals surface area contributed by atoms with Crippen molar-refractivity contribution in [1.82, 2.24) is 0 Å². The number of rotatable bonds is 4. The van der Waals surface area contributed by atoms with Crippen molar-refractivity contribution in [1.29, 1.82) is 0 Å². The van der Waals surface area contributed by atoms with Crippen molar-refractivity contribution in [2.24, 2.45) is 0 Å². The van der Waals surface area contributed by atoms with Gasteiger partial charge in [-0.1, -0.05) is 6.07 Å². The minimum atomic E-state index is -0.820. The molecule has 5 heteroatoms. The first-order valence-corrected chi connectivity index (χ1v) is 7.79. The van der Waals surface area contributed by atoms with E-state index >= 15 is 0 Å². The van der Waals surface area contributed by atoms with Crippen molar-refractivity contribution in [2.75, 3.05) is 5.32 Å². The third-order valence-electron chi connectivity index (χ3n) is 3.54. The number of carboxylic acids is 1. The molecule has 2 heterocycles. The van der Waals surface area contributed by atoms with Crippen LogP contribution in [0.4, 0.5) is 5.69 Å². The topological polar surface area (TPSA) is 66.4 Å². The molecule has 0 saturated heterocycles. The zero-order valence-electron chi connectivity index (χ0n) is 12.1. The van der Waals surface area contributed by atoms with Crippen molar-refractivity contribution in [3.63, 3.8) is 0 Å². The van der Waals surface area contributed by atoms with Gasteiger partial charge in [-0.25, -0.2) is 0 Å². The van der Waals surface area contributed by atoms with Gasteiger partial charge in [0.15, 0.2) is 0 Å². The fraction of sp³-hybridized carbons (Fsp3) is 0.176. The van der Waals surface area contributed by atoms with Crippen LogP contribution in [0.15, 0.2) is 30.3 Å². The number of carbonyl (C=O) groups excluding carboxylic acids is 1. The quantitative estimate of drug-likeness (QED) is 0.848. The molecule has 112 valence electrons. The van der Waals surface area contributed by atoms with Gasteiger partial charge in [0.1, 0.15) is 0 Å². The Bertz CT molecular complexity index is 789. The van der Waals surface area contributed by atoms with Gasteiger partial charge in [-0.05, 0) is 49.2 Å². The maximum Gasteiger partial charge on any atom is 0.303 e. The molecular formula is C17H15NO3S. The summed E-state index contributed by atoms with van der Waals surface area (Å²) in [4.78, 5) is 25.1. The number of hydrogen-bond acceptors (Lipinski definition) is 3. The number of carboxylic acid groups (broad SMARTS) is 1. The molecule has 0 atom stereocenters. The van der Waals surface area contributed by atoms with Gasteiger partial charge in [-0.3, -0.25) is 9.59 Å². The molecule has 0 radical (unpaired) electrons. The van der Waals surface area contributed by atoms with Gasteiger partial charge in [0.05, 0.1) is 5.57 Å². The van der Waals surface area contributed by atoms with Gasteiger partial charge >= 0.3 is 5.97 Å². The molecule has 1 amide bonds. The fourth-order valence-corrected chi connectivity index (χ4v) is 3.28. The number of hydrogen-bond donors (Lipinski definition) is 2. The first-order valence-electron chi connectivity index (χ1n) is 6.97. The molecule has 0 aliphatic carbocycles. The minimum absolute atomic E-state index is 0.0866. The van der Waals surface area contributed by atoms with Crippen LogP contribution in [0.25, 0.3) is 11.6 Å². The average molecular weight is 313 g/mol. The lowest BCUT2D eigenvalue weighted by atomic mass is 10.0. The van der Waals surface area contributed by atoms with Crippen molar-refractivity contribution < 1.29 is 14.7 Å². The maximum atomic E-state index is 12.2. The van der Waals surface area contributed by atoms with Gasteiger partial charge in [0, 0.05) is 27.4 Å². The molecule has 1 aliphatic rings. The molecule has 4 nitrogen and oxygen atoms in total. The van der Waals surface area contributed by atoms with E-state index in [4.69, 9.17) is 5.11 Å². The van der Waals surface area contributed by atoms with Crippen molar-refractivity contribution in [3.05, 3.63) is 51.2 Å². The summed E-state index contributed by atoms with van der Waals surface area (Å²) in [5, 5.41) is 11.6. The standard InChI is InChI=1S/C17H15NO3S/c1-10-2-5-12(22-10)9-14-13-8-11(4-7-16(19)20)3-6-15(13)18-17(14)21/h2-3,5-6,8-9H,4,7H2,1H3,(H,18,21)(H,19,20)/b14-9-. The van der Waals surface area contributed by atoms with Crippen molar-refractivity contribution in [2.45, 2.75) is 19.8 Å². The highest BCUT2D eigenvalue weighted by Gasteiger charge is 2.24. The number of amides is 1. The maximum absolute atomic E-state index is 12.2. The Kier molecular flexibility index (Phi) is 3.81. The largest absolute Gasteiger partial charge is 0.481 e. The number of nitrogens with one attached hydrogen (secondary N) is 1. The second kappa shape index (κ2) is 5.77. The van der Waals surface area contributed by atoms with Crippen LogP contribution in [0.1, 0.15) is 27.3 Å². The molecule has 0 bridgehead atoms. The van der Waals surface area contributed by atoms with Gasteiger partial charge in [-0.15, -0.1) is 11.3 Å². The minimum Gasteiger partial charge on any atom is -0.481 e. The summed E-state index contributed by atoms with van der Waals surface area (Å²) in [6, 6.07) is 9.62. The molecule has 0 saturated carbocycles.